The number of ether oxygens (including phenoxy) is 1. The molecule has 0 heterocycles. The fraction of sp³-hybridized carbons (Fsp3) is 0.150. The summed E-state index contributed by atoms with van der Waals surface area (Å²) < 4.78 is 4.63. The highest BCUT2D eigenvalue weighted by molar-refractivity contribution is 5.89. The lowest BCUT2D eigenvalue weighted by molar-refractivity contribution is 0.0600. The fourth-order valence-corrected chi connectivity index (χ4v) is 1.47. The van der Waals surface area contributed by atoms with Crippen molar-refractivity contribution in [2.45, 2.75) is 13.8 Å². The van der Waals surface area contributed by atoms with E-state index < -0.39 is 0 Å². The van der Waals surface area contributed by atoms with Crippen LogP contribution in [-0.2, 0) is 4.74 Å². The molecule has 0 bridgehead atoms. The maximum atomic E-state index is 11.2. The molecular formula is C20H22O2. The lowest BCUT2D eigenvalue weighted by Crippen LogP contribution is -2.00. The molecule has 0 fully saturated rings. The smallest absolute Gasteiger partial charge is 0.337 e. The standard InChI is InChI=1S/C16H12O2.C2H6.C2H4/c1-18-16(17)15-11-9-14(10-12-15)8-7-13-5-3-2-4-6-13;2*1-2/h2-6,9-12H,1H3;1-2H3;1-2H2. The predicted molar refractivity (Wildman–Crippen MR) is 92.8 cm³/mol. The highest BCUT2D eigenvalue weighted by Gasteiger charge is 2.02. The Morgan fingerprint density at radius 3 is 1.77 bits per heavy atom. The summed E-state index contributed by atoms with van der Waals surface area (Å²) in [5.74, 6) is 5.76. The van der Waals surface area contributed by atoms with Gasteiger partial charge >= 0.3 is 5.97 Å². The Kier molecular flexibility index (Phi) is 10.5. The van der Waals surface area contributed by atoms with E-state index in [4.69, 9.17) is 0 Å². The van der Waals surface area contributed by atoms with Crippen molar-refractivity contribution in [3.05, 3.63) is 84.4 Å². The molecule has 2 aromatic carbocycles. The zero-order valence-electron chi connectivity index (χ0n) is 13.4. The van der Waals surface area contributed by atoms with Crippen LogP contribution in [0.3, 0.4) is 0 Å². The van der Waals surface area contributed by atoms with E-state index in [1.165, 1.54) is 7.11 Å². The molecule has 0 saturated carbocycles. The number of carbonyl (C=O) groups is 1. The van der Waals surface area contributed by atoms with E-state index in [-0.39, 0.29) is 5.97 Å². The Bertz CT molecular complexity index is 602. The van der Waals surface area contributed by atoms with Gasteiger partial charge in [0.05, 0.1) is 12.7 Å². The molecule has 0 aliphatic heterocycles. The van der Waals surface area contributed by atoms with Crippen molar-refractivity contribution < 1.29 is 9.53 Å². The Labute approximate surface area is 133 Å². The third-order valence-corrected chi connectivity index (χ3v) is 2.43. The topological polar surface area (TPSA) is 26.3 Å². The second kappa shape index (κ2) is 12.0. The molecule has 0 radical (unpaired) electrons. The number of methoxy groups -OCH3 is 1. The summed E-state index contributed by atoms with van der Waals surface area (Å²) >= 11 is 0. The van der Waals surface area contributed by atoms with E-state index in [9.17, 15) is 4.79 Å². The molecule has 114 valence electrons. The number of hydrogen-bond acceptors (Lipinski definition) is 2. The predicted octanol–water partition coefficient (Wildman–Crippen LogP) is 4.70. The van der Waals surface area contributed by atoms with Crippen molar-refractivity contribution in [3.63, 3.8) is 0 Å². The van der Waals surface area contributed by atoms with Gasteiger partial charge in [-0.05, 0) is 36.4 Å². The number of rotatable bonds is 1. The van der Waals surface area contributed by atoms with Crippen molar-refractivity contribution in [2.24, 2.45) is 0 Å². The van der Waals surface area contributed by atoms with E-state index in [0.717, 1.165) is 11.1 Å². The zero-order chi connectivity index (χ0) is 16.8. The Hall–Kier alpha value is -2.79. The van der Waals surface area contributed by atoms with Gasteiger partial charge in [-0.15, -0.1) is 13.2 Å². The molecule has 0 saturated heterocycles. The van der Waals surface area contributed by atoms with Crippen LogP contribution in [0.1, 0.15) is 35.3 Å². The van der Waals surface area contributed by atoms with E-state index in [2.05, 4.69) is 29.7 Å². The van der Waals surface area contributed by atoms with Gasteiger partial charge in [0.25, 0.3) is 0 Å². The van der Waals surface area contributed by atoms with Crippen LogP contribution >= 0.6 is 0 Å². The average molecular weight is 294 g/mol. The van der Waals surface area contributed by atoms with Crippen LogP contribution in [0.2, 0.25) is 0 Å². The molecule has 0 aliphatic carbocycles. The summed E-state index contributed by atoms with van der Waals surface area (Å²) in [6.45, 7) is 10.0. The van der Waals surface area contributed by atoms with Gasteiger partial charge in [-0.3, -0.25) is 0 Å². The number of esters is 1. The first-order valence-electron chi connectivity index (χ1n) is 7.05. The van der Waals surface area contributed by atoms with Gasteiger partial charge < -0.3 is 4.74 Å². The van der Waals surface area contributed by atoms with Crippen LogP contribution in [-0.4, -0.2) is 13.1 Å². The highest BCUT2D eigenvalue weighted by Crippen LogP contribution is 2.05. The normalized spacial score (nSPS) is 7.95. The summed E-state index contributed by atoms with van der Waals surface area (Å²) in [6, 6.07) is 16.8. The fourth-order valence-electron chi connectivity index (χ4n) is 1.47. The van der Waals surface area contributed by atoms with Gasteiger partial charge in [-0.2, -0.15) is 0 Å². The molecular weight excluding hydrogens is 272 g/mol. The second-order valence-corrected chi connectivity index (χ2v) is 3.68. The van der Waals surface area contributed by atoms with Crippen LogP contribution in [0.5, 0.6) is 0 Å². The van der Waals surface area contributed by atoms with Crippen molar-refractivity contribution in [2.75, 3.05) is 7.11 Å². The average Bonchev–Trinajstić information content (AvgIpc) is 2.64. The number of hydrogen-bond donors (Lipinski definition) is 0. The van der Waals surface area contributed by atoms with E-state index in [1.54, 1.807) is 12.1 Å². The minimum absolute atomic E-state index is 0.336. The third-order valence-electron chi connectivity index (χ3n) is 2.43. The van der Waals surface area contributed by atoms with Gasteiger partial charge in [0, 0.05) is 11.1 Å². The summed E-state index contributed by atoms with van der Waals surface area (Å²) in [5, 5.41) is 0. The van der Waals surface area contributed by atoms with Gasteiger partial charge in [0.15, 0.2) is 0 Å². The first kappa shape index (κ1) is 19.2. The molecule has 22 heavy (non-hydrogen) atoms. The van der Waals surface area contributed by atoms with Crippen molar-refractivity contribution in [1.82, 2.24) is 0 Å². The van der Waals surface area contributed by atoms with Crippen LogP contribution in [0, 0.1) is 11.8 Å². The van der Waals surface area contributed by atoms with Gasteiger partial charge in [0.2, 0.25) is 0 Å². The molecule has 0 aromatic heterocycles. The monoisotopic (exact) mass is 294 g/mol. The minimum Gasteiger partial charge on any atom is -0.465 e. The third kappa shape index (κ3) is 6.58. The van der Waals surface area contributed by atoms with Crippen LogP contribution < -0.4 is 0 Å². The molecule has 0 amide bonds. The SMILES string of the molecule is C=C.CC.COC(=O)c1ccc(C#Cc2ccccc2)cc1. The zero-order valence-corrected chi connectivity index (χ0v) is 13.4. The molecule has 2 heteroatoms. The Morgan fingerprint density at radius 2 is 1.32 bits per heavy atom. The molecule has 0 spiro atoms. The van der Waals surface area contributed by atoms with Crippen molar-refractivity contribution in [1.29, 1.82) is 0 Å². The summed E-state index contributed by atoms with van der Waals surface area (Å²) in [6.07, 6.45) is 0. The first-order chi connectivity index (χ1) is 10.8. The molecule has 2 nitrogen and oxygen atoms in total. The summed E-state index contributed by atoms with van der Waals surface area (Å²) in [5.41, 5.74) is 2.36. The van der Waals surface area contributed by atoms with Crippen LogP contribution in [0.15, 0.2) is 67.8 Å². The molecule has 0 aliphatic rings. The van der Waals surface area contributed by atoms with Crippen LogP contribution in [0.25, 0.3) is 0 Å². The van der Waals surface area contributed by atoms with Crippen molar-refractivity contribution in [3.8, 4) is 11.8 Å². The van der Waals surface area contributed by atoms with E-state index in [0.29, 0.717) is 5.56 Å². The van der Waals surface area contributed by atoms with Crippen LogP contribution in [0.4, 0.5) is 0 Å². The van der Waals surface area contributed by atoms with Gasteiger partial charge in [-0.1, -0.05) is 43.9 Å². The van der Waals surface area contributed by atoms with E-state index >= 15 is 0 Å². The lowest BCUT2D eigenvalue weighted by Gasteiger charge is -1.98. The van der Waals surface area contributed by atoms with Crippen molar-refractivity contribution >= 4 is 5.97 Å². The minimum atomic E-state index is -0.336. The molecule has 0 atom stereocenters. The Morgan fingerprint density at radius 1 is 0.864 bits per heavy atom. The second-order valence-electron chi connectivity index (χ2n) is 3.68. The van der Waals surface area contributed by atoms with Gasteiger partial charge in [0.1, 0.15) is 0 Å². The largest absolute Gasteiger partial charge is 0.465 e. The Balaban J connectivity index is 0.00000102. The molecule has 0 unspecified atom stereocenters. The molecule has 0 N–H and O–H groups in total. The first-order valence-corrected chi connectivity index (χ1v) is 7.05. The quantitative estimate of drug-likeness (QED) is 0.433. The summed E-state index contributed by atoms with van der Waals surface area (Å²) in [4.78, 5) is 11.2. The molecule has 2 aromatic rings. The highest BCUT2D eigenvalue weighted by atomic mass is 16.5. The number of carbonyl (C=O) groups excluding carboxylic acids is 1. The lowest BCUT2D eigenvalue weighted by atomic mass is 10.1. The summed E-state index contributed by atoms with van der Waals surface area (Å²) in [7, 11) is 1.37. The number of benzene rings is 2. The van der Waals surface area contributed by atoms with Gasteiger partial charge in [-0.25, -0.2) is 4.79 Å². The van der Waals surface area contributed by atoms with E-state index in [1.807, 2.05) is 56.3 Å². The maximum absolute atomic E-state index is 11.2. The maximum Gasteiger partial charge on any atom is 0.337 e. The molecule has 2 rings (SSSR count).